The van der Waals surface area contributed by atoms with Crippen LogP contribution in [0.4, 0.5) is 5.00 Å². The van der Waals surface area contributed by atoms with Gasteiger partial charge in [-0.25, -0.2) is 9.78 Å². The maximum absolute atomic E-state index is 11.8. The number of carbonyl (C=O) groups is 2. The highest BCUT2D eigenvalue weighted by Gasteiger charge is 2.14. The van der Waals surface area contributed by atoms with Crippen molar-refractivity contribution in [2.45, 2.75) is 19.8 Å². The van der Waals surface area contributed by atoms with Gasteiger partial charge in [-0.15, -0.1) is 16.4 Å². The summed E-state index contributed by atoms with van der Waals surface area (Å²) in [6.45, 7) is 2.00. The first-order valence-corrected chi connectivity index (χ1v) is 6.47. The smallest absolute Gasteiger partial charge is 0.345 e. The second-order valence-electron chi connectivity index (χ2n) is 3.78. The van der Waals surface area contributed by atoms with Gasteiger partial charge in [-0.05, 0) is 18.6 Å². The summed E-state index contributed by atoms with van der Waals surface area (Å²) < 4.78 is 0. The Morgan fingerprint density at radius 1 is 1.47 bits per heavy atom. The molecule has 0 saturated carbocycles. The minimum atomic E-state index is -1.02. The Balaban J connectivity index is 2.04. The first-order chi connectivity index (χ1) is 9.10. The first kappa shape index (κ1) is 13.2. The van der Waals surface area contributed by atoms with Crippen LogP contribution in [0.2, 0.25) is 0 Å². The number of hydrogen-bond donors (Lipinski definition) is 3. The van der Waals surface area contributed by atoms with Gasteiger partial charge in [0.25, 0.3) is 5.91 Å². The van der Waals surface area contributed by atoms with Crippen LogP contribution >= 0.6 is 11.3 Å². The summed E-state index contributed by atoms with van der Waals surface area (Å²) in [6, 6.07) is 2.97. The topological polar surface area (TPSA) is 108 Å². The van der Waals surface area contributed by atoms with E-state index >= 15 is 0 Å². The molecule has 2 heterocycles. The Morgan fingerprint density at radius 2 is 2.26 bits per heavy atom. The van der Waals surface area contributed by atoms with Crippen LogP contribution in [0.25, 0.3) is 0 Å². The number of carboxylic acids is 1. The minimum Gasteiger partial charge on any atom is -0.477 e. The third-order valence-corrected chi connectivity index (χ3v) is 3.26. The predicted molar refractivity (Wildman–Crippen MR) is 69.6 cm³/mol. The SMILES string of the molecule is CCCc1nc(C(=O)Nc2ccc(C(=O)O)s2)n[nH]1. The molecular formula is C11H12N4O3S. The normalized spacial score (nSPS) is 10.4. The van der Waals surface area contributed by atoms with Crippen LogP contribution in [0.15, 0.2) is 12.1 Å². The van der Waals surface area contributed by atoms with Gasteiger partial charge in [-0.3, -0.25) is 9.89 Å². The van der Waals surface area contributed by atoms with Crippen molar-refractivity contribution in [3.8, 4) is 0 Å². The van der Waals surface area contributed by atoms with E-state index in [1.165, 1.54) is 12.1 Å². The molecule has 7 nitrogen and oxygen atoms in total. The summed E-state index contributed by atoms with van der Waals surface area (Å²) in [5, 5.41) is 18.3. The van der Waals surface area contributed by atoms with Gasteiger partial charge in [0.2, 0.25) is 5.82 Å². The molecule has 1 amide bonds. The number of amides is 1. The summed E-state index contributed by atoms with van der Waals surface area (Å²) >= 11 is 0.984. The van der Waals surface area contributed by atoms with E-state index < -0.39 is 11.9 Å². The molecule has 3 N–H and O–H groups in total. The minimum absolute atomic E-state index is 0.0497. The highest BCUT2D eigenvalue weighted by Crippen LogP contribution is 2.22. The fraction of sp³-hybridized carbons (Fsp3) is 0.273. The number of H-pyrrole nitrogens is 1. The van der Waals surface area contributed by atoms with Gasteiger partial charge in [0.15, 0.2) is 0 Å². The van der Waals surface area contributed by atoms with Crippen molar-refractivity contribution in [1.82, 2.24) is 15.2 Å². The van der Waals surface area contributed by atoms with Crippen molar-refractivity contribution < 1.29 is 14.7 Å². The van der Waals surface area contributed by atoms with E-state index in [1.807, 2.05) is 6.92 Å². The molecule has 0 fully saturated rings. The summed E-state index contributed by atoms with van der Waals surface area (Å²) in [6.07, 6.45) is 1.63. The van der Waals surface area contributed by atoms with E-state index in [0.717, 1.165) is 24.2 Å². The zero-order chi connectivity index (χ0) is 13.8. The molecule has 0 aromatic carbocycles. The average Bonchev–Trinajstić information content (AvgIpc) is 2.98. The van der Waals surface area contributed by atoms with Crippen LogP contribution in [0.3, 0.4) is 0 Å². The fourth-order valence-electron chi connectivity index (χ4n) is 1.43. The fourth-order valence-corrected chi connectivity index (χ4v) is 2.17. The molecule has 2 rings (SSSR count). The Kier molecular flexibility index (Phi) is 3.91. The summed E-state index contributed by atoms with van der Waals surface area (Å²) in [5.41, 5.74) is 0. The number of carboxylic acid groups (broad SMARTS) is 1. The third-order valence-electron chi connectivity index (χ3n) is 2.28. The lowest BCUT2D eigenvalue weighted by atomic mass is 10.3. The van der Waals surface area contributed by atoms with E-state index in [1.54, 1.807) is 0 Å². The van der Waals surface area contributed by atoms with Crippen LogP contribution in [-0.4, -0.2) is 32.2 Å². The first-order valence-electron chi connectivity index (χ1n) is 5.66. The molecule has 0 aliphatic heterocycles. The number of aromatic amines is 1. The molecule has 2 aromatic heterocycles. The summed E-state index contributed by atoms with van der Waals surface area (Å²) in [4.78, 5) is 26.7. The van der Waals surface area contributed by atoms with E-state index in [9.17, 15) is 9.59 Å². The van der Waals surface area contributed by atoms with Gasteiger partial charge >= 0.3 is 5.97 Å². The molecule has 0 spiro atoms. The lowest BCUT2D eigenvalue weighted by Gasteiger charge is -1.96. The number of aromatic nitrogens is 3. The number of carbonyl (C=O) groups excluding carboxylic acids is 1. The Hall–Kier alpha value is -2.22. The molecular weight excluding hydrogens is 268 g/mol. The molecule has 0 aliphatic carbocycles. The average molecular weight is 280 g/mol. The molecule has 19 heavy (non-hydrogen) atoms. The lowest BCUT2D eigenvalue weighted by Crippen LogP contribution is -2.12. The van der Waals surface area contributed by atoms with Gasteiger partial charge in [0, 0.05) is 6.42 Å². The molecule has 0 aliphatic rings. The van der Waals surface area contributed by atoms with Crippen molar-refractivity contribution in [3.63, 3.8) is 0 Å². The largest absolute Gasteiger partial charge is 0.477 e. The Labute approximate surface area is 112 Å². The number of aryl methyl sites for hydroxylation is 1. The number of rotatable bonds is 5. The Morgan fingerprint density at radius 3 is 2.89 bits per heavy atom. The van der Waals surface area contributed by atoms with E-state index in [0.29, 0.717) is 10.8 Å². The molecule has 0 radical (unpaired) electrons. The number of hydrogen-bond acceptors (Lipinski definition) is 5. The highest BCUT2D eigenvalue weighted by atomic mass is 32.1. The monoisotopic (exact) mass is 280 g/mol. The highest BCUT2D eigenvalue weighted by molar-refractivity contribution is 7.18. The molecule has 0 saturated heterocycles. The van der Waals surface area contributed by atoms with Crippen molar-refractivity contribution >= 4 is 28.2 Å². The predicted octanol–water partition coefficient (Wildman–Crippen LogP) is 1.77. The number of anilines is 1. The maximum atomic E-state index is 11.8. The van der Waals surface area contributed by atoms with E-state index in [2.05, 4.69) is 20.5 Å². The second kappa shape index (κ2) is 5.61. The summed E-state index contributed by atoms with van der Waals surface area (Å²) in [5.74, 6) is -0.773. The summed E-state index contributed by atoms with van der Waals surface area (Å²) in [7, 11) is 0. The van der Waals surface area contributed by atoms with Gasteiger partial charge in [0.1, 0.15) is 10.7 Å². The standard InChI is InChI=1S/C11H12N4O3S/c1-2-3-7-12-9(15-14-7)10(16)13-8-5-4-6(19-8)11(17)18/h4-5H,2-3H2,1H3,(H,13,16)(H,17,18)(H,12,14,15). The quantitative estimate of drug-likeness (QED) is 0.773. The molecule has 100 valence electrons. The zero-order valence-electron chi connectivity index (χ0n) is 10.1. The second-order valence-corrected chi connectivity index (χ2v) is 4.86. The van der Waals surface area contributed by atoms with E-state index in [4.69, 9.17) is 5.11 Å². The van der Waals surface area contributed by atoms with Crippen LogP contribution in [0.1, 0.15) is 39.5 Å². The Bertz CT molecular complexity index is 605. The third kappa shape index (κ3) is 3.16. The van der Waals surface area contributed by atoms with Crippen LogP contribution in [0.5, 0.6) is 0 Å². The van der Waals surface area contributed by atoms with Crippen LogP contribution < -0.4 is 5.32 Å². The van der Waals surface area contributed by atoms with Crippen molar-refractivity contribution in [1.29, 1.82) is 0 Å². The lowest BCUT2D eigenvalue weighted by molar-refractivity contribution is 0.0702. The van der Waals surface area contributed by atoms with Gasteiger partial charge in [0.05, 0.1) is 5.00 Å². The van der Waals surface area contributed by atoms with Crippen molar-refractivity contribution in [3.05, 3.63) is 28.7 Å². The van der Waals surface area contributed by atoms with Crippen molar-refractivity contribution in [2.75, 3.05) is 5.32 Å². The molecule has 0 atom stereocenters. The maximum Gasteiger partial charge on any atom is 0.345 e. The van der Waals surface area contributed by atoms with Gasteiger partial charge < -0.3 is 10.4 Å². The molecule has 8 heteroatoms. The number of thiophene rings is 1. The molecule has 0 bridgehead atoms. The van der Waals surface area contributed by atoms with E-state index in [-0.39, 0.29) is 10.7 Å². The number of aromatic carboxylic acids is 1. The van der Waals surface area contributed by atoms with Crippen LogP contribution in [-0.2, 0) is 6.42 Å². The molecule has 0 unspecified atom stereocenters. The molecule has 2 aromatic rings. The number of nitrogens with zero attached hydrogens (tertiary/aromatic N) is 2. The van der Waals surface area contributed by atoms with Crippen LogP contribution in [0, 0.1) is 0 Å². The van der Waals surface area contributed by atoms with Gasteiger partial charge in [-0.1, -0.05) is 6.92 Å². The van der Waals surface area contributed by atoms with Gasteiger partial charge in [-0.2, -0.15) is 0 Å². The zero-order valence-corrected chi connectivity index (χ0v) is 11.0. The van der Waals surface area contributed by atoms with Crippen molar-refractivity contribution in [2.24, 2.45) is 0 Å². The number of nitrogens with one attached hydrogen (secondary N) is 2.